The SMILES string of the molecule is [B]C1OC(CO)C(OCC)C1OCCOC. The normalized spacial score (nSPS) is 34.4. The quantitative estimate of drug-likeness (QED) is 0.463. The highest BCUT2D eigenvalue weighted by atomic mass is 16.6. The van der Waals surface area contributed by atoms with Crippen LogP contribution in [0.5, 0.6) is 0 Å². The van der Waals surface area contributed by atoms with Gasteiger partial charge in [0.2, 0.25) is 0 Å². The molecule has 4 unspecified atom stereocenters. The lowest BCUT2D eigenvalue weighted by Gasteiger charge is -2.23. The Balaban J connectivity index is 2.49. The Bertz CT molecular complexity index is 192. The summed E-state index contributed by atoms with van der Waals surface area (Å²) in [5.74, 6) is 0. The minimum atomic E-state index is -0.564. The van der Waals surface area contributed by atoms with Gasteiger partial charge in [0.15, 0.2) is 0 Å². The van der Waals surface area contributed by atoms with Crippen LogP contribution in [0.3, 0.4) is 0 Å². The molecule has 0 aromatic carbocycles. The Labute approximate surface area is 97.4 Å². The second-order valence-electron chi connectivity index (χ2n) is 3.57. The summed E-state index contributed by atoms with van der Waals surface area (Å²) >= 11 is 0. The van der Waals surface area contributed by atoms with E-state index < -0.39 is 12.1 Å². The maximum atomic E-state index is 9.13. The van der Waals surface area contributed by atoms with Gasteiger partial charge in [-0.25, -0.2) is 0 Å². The van der Waals surface area contributed by atoms with E-state index in [-0.39, 0.29) is 18.8 Å². The van der Waals surface area contributed by atoms with Crippen molar-refractivity contribution in [3.8, 4) is 0 Å². The lowest BCUT2D eigenvalue weighted by Crippen LogP contribution is -2.39. The third-order valence-corrected chi connectivity index (χ3v) is 2.48. The van der Waals surface area contributed by atoms with Crippen LogP contribution in [0.25, 0.3) is 0 Å². The molecule has 0 aromatic heterocycles. The number of aliphatic hydroxyl groups is 1. The monoisotopic (exact) mass is 230 g/mol. The smallest absolute Gasteiger partial charge is 0.114 e. The van der Waals surface area contributed by atoms with E-state index in [9.17, 15) is 0 Å². The first kappa shape index (κ1) is 13.9. The van der Waals surface area contributed by atoms with Gasteiger partial charge in [0.25, 0.3) is 0 Å². The van der Waals surface area contributed by atoms with Gasteiger partial charge in [0.05, 0.1) is 19.8 Å². The van der Waals surface area contributed by atoms with Crippen LogP contribution in [0.15, 0.2) is 0 Å². The summed E-state index contributed by atoms with van der Waals surface area (Å²) in [6.45, 7) is 3.21. The molecule has 1 aliphatic rings. The van der Waals surface area contributed by atoms with E-state index in [2.05, 4.69) is 0 Å². The molecular weight excluding hydrogens is 211 g/mol. The number of ether oxygens (including phenoxy) is 4. The third-order valence-electron chi connectivity index (χ3n) is 2.48. The summed E-state index contributed by atoms with van der Waals surface area (Å²) < 4.78 is 21.3. The summed E-state index contributed by atoms with van der Waals surface area (Å²) in [6.07, 6.45) is -1.09. The van der Waals surface area contributed by atoms with Gasteiger partial charge in [-0.2, -0.15) is 0 Å². The van der Waals surface area contributed by atoms with Crippen LogP contribution in [-0.2, 0) is 18.9 Å². The summed E-state index contributed by atoms with van der Waals surface area (Å²) in [7, 11) is 7.37. The first-order valence-electron chi connectivity index (χ1n) is 5.48. The second-order valence-corrected chi connectivity index (χ2v) is 3.57. The number of hydrogen-bond donors (Lipinski definition) is 1. The highest BCUT2D eigenvalue weighted by Gasteiger charge is 2.42. The summed E-state index contributed by atoms with van der Waals surface area (Å²) in [5, 5.41) is 9.13. The van der Waals surface area contributed by atoms with Gasteiger partial charge in [-0.05, 0) is 6.92 Å². The van der Waals surface area contributed by atoms with Crippen molar-refractivity contribution in [1.29, 1.82) is 0 Å². The van der Waals surface area contributed by atoms with E-state index in [0.717, 1.165) is 0 Å². The lowest BCUT2D eigenvalue weighted by atomic mass is 9.93. The second kappa shape index (κ2) is 7.24. The number of aliphatic hydroxyl groups excluding tert-OH is 1. The van der Waals surface area contributed by atoms with Crippen LogP contribution < -0.4 is 0 Å². The molecular formula is C10H19BO5. The Morgan fingerprint density at radius 2 is 2.00 bits per heavy atom. The van der Waals surface area contributed by atoms with Crippen molar-refractivity contribution in [3.63, 3.8) is 0 Å². The highest BCUT2D eigenvalue weighted by Crippen LogP contribution is 2.24. The average molecular weight is 230 g/mol. The van der Waals surface area contributed by atoms with Gasteiger partial charge in [-0.3, -0.25) is 0 Å². The molecule has 1 saturated heterocycles. The van der Waals surface area contributed by atoms with Crippen LogP contribution in [0.2, 0.25) is 0 Å². The third kappa shape index (κ3) is 3.43. The van der Waals surface area contributed by atoms with Crippen LogP contribution >= 0.6 is 0 Å². The molecule has 1 rings (SSSR count). The Kier molecular flexibility index (Phi) is 6.30. The zero-order valence-corrected chi connectivity index (χ0v) is 9.80. The minimum absolute atomic E-state index is 0.123. The predicted octanol–water partition coefficient (Wildman–Crippen LogP) is -0.691. The van der Waals surface area contributed by atoms with Crippen LogP contribution in [-0.4, -0.2) is 70.8 Å². The zero-order valence-electron chi connectivity index (χ0n) is 9.80. The fourth-order valence-corrected chi connectivity index (χ4v) is 1.75. The van der Waals surface area contributed by atoms with E-state index in [1.54, 1.807) is 7.11 Å². The van der Waals surface area contributed by atoms with Crippen LogP contribution in [0, 0.1) is 0 Å². The first-order valence-corrected chi connectivity index (χ1v) is 5.48. The van der Waals surface area contributed by atoms with Gasteiger partial charge in [0.1, 0.15) is 26.2 Å². The fraction of sp³-hybridized carbons (Fsp3) is 1.00. The van der Waals surface area contributed by atoms with Gasteiger partial charge in [-0.1, -0.05) is 0 Å². The Hall–Kier alpha value is -0.135. The zero-order chi connectivity index (χ0) is 12.0. The molecule has 1 fully saturated rings. The fourth-order valence-electron chi connectivity index (χ4n) is 1.75. The van der Waals surface area contributed by atoms with Crippen molar-refractivity contribution in [1.82, 2.24) is 0 Å². The van der Waals surface area contributed by atoms with E-state index in [0.29, 0.717) is 19.8 Å². The standard InChI is InChI=1S/C10H19BO5/c1-3-14-8-7(6-12)16-10(11)9(8)15-5-4-13-2/h7-10,12H,3-6H2,1-2H3. The molecule has 1 N–H and O–H groups in total. The molecule has 5 nitrogen and oxygen atoms in total. The maximum absolute atomic E-state index is 9.13. The van der Waals surface area contributed by atoms with Crippen LogP contribution in [0.1, 0.15) is 6.92 Å². The Morgan fingerprint density at radius 3 is 2.56 bits per heavy atom. The van der Waals surface area contributed by atoms with Gasteiger partial charge in [-0.15, -0.1) is 0 Å². The number of rotatable bonds is 7. The number of hydrogen-bond acceptors (Lipinski definition) is 5. The molecule has 92 valence electrons. The van der Waals surface area contributed by atoms with E-state index in [1.165, 1.54) is 0 Å². The number of methoxy groups -OCH3 is 1. The van der Waals surface area contributed by atoms with Crippen molar-refractivity contribution in [3.05, 3.63) is 0 Å². The lowest BCUT2D eigenvalue weighted by molar-refractivity contribution is -0.0737. The molecule has 2 radical (unpaired) electrons. The molecule has 6 heteroatoms. The average Bonchev–Trinajstić information content (AvgIpc) is 2.57. The Morgan fingerprint density at radius 1 is 1.25 bits per heavy atom. The van der Waals surface area contributed by atoms with Crippen molar-refractivity contribution in [2.45, 2.75) is 31.2 Å². The minimum Gasteiger partial charge on any atom is -0.394 e. The highest BCUT2D eigenvalue weighted by molar-refractivity contribution is 6.11. The summed E-state index contributed by atoms with van der Waals surface area (Å²) in [6, 6.07) is -0.564. The van der Waals surface area contributed by atoms with Gasteiger partial charge in [0, 0.05) is 19.7 Å². The predicted molar refractivity (Wildman–Crippen MR) is 58.5 cm³/mol. The van der Waals surface area contributed by atoms with E-state index >= 15 is 0 Å². The molecule has 0 bridgehead atoms. The summed E-state index contributed by atoms with van der Waals surface area (Å²) in [4.78, 5) is 0. The van der Waals surface area contributed by atoms with Gasteiger partial charge < -0.3 is 24.1 Å². The molecule has 4 atom stereocenters. The van der Waals surface area contributed by atoms with Crippen molar-refractivity contribution >= 4 is 7.85 Å². The topological polar surface area (TPSA) is 57.2 Å². The maximum Gasteiger partial charge on any atom is 0.114 e. The largest absolute Gasteiger partial charge is 0.394 e. The molecule has 0 saturated carbocycles. The molecule has 0 spiro atoms. The molecule has 0 amide bonds. The molecule has 0 aromatic rings. The van der Waals surface area contributed by atoms with E-state index in [1.807, 2.05) is 6.92 Å². The first-order chi connectivity index (χ1) is 7.74. The molecule has 16 heavy (non-hydrogen) atoms. The van der Waals surface area contributed by atoms with Crippen molar-refractivity contribution in [2.75, 3.05) is 33.5 Å². The summed E-state index contributed by atoms with van der Waals surface area (Å²) in [5.41, 5.74) is 0. The van der Waals surface area contributed by atoms with Crippen molar-refractivity contribution < 1.29 is 24.1 Å². The van der Waals surface area contributed by atoms with Crippen LogP contribution in [0.4, 0.5) is 0 Å². The molecule has 1 heterocycles. The van der Waals surface area contributed by atoms with E-state index in [4.69, 9.17) is 31.9 Å². The van der Waals surface area contributed by atoms with Gasteiger partial charge >= 0.3 is 0 Å². The molecule has 0 aliphatic carbocycles. The molecule has 1 aliphatic heterocycles. The van der Waals surface area contributed by atoms with Crippen molar-refractivity contribution in [2.24, 2.45) is 0 Å².